The molecule has 3 N–H and O–H groups in total. The largest absolute Gasteiger partial charge is 0.375 e. The predicted octanol–water partition coefficient (Wildman–Crippen LogP) is 2.65. The Morgan fingerprint density at radius 2 is 1.89 bits per heavy atom. The molecule has 0 aliphatic carbocycles. The SMILES string of the molecule is COCC(=O)Nc1ccc(NC(=O)[C@H]2Cc3ccccc3CN2)cc1C.Cl. The average Bonchev–Trinajstić information content (AvgIpc) is 2.64. The summed E-state index contributed by atoms with van der Waals surface area (Å²) >= 11 is 0. The Bertz CT molecular complexity index is 826. The summed E-state index contributed by atoms with van der Waals surface area (Å²) in [6.07, 6.45) is 0.673. The molecule has 2 amide bonds. The Balaban J connectivity index is 0.00000261. The maximum Gasteiger partial charge on any atom is 0.250 e. The van der Waals surface area contributed by atoms with Crippen LogP contribution in [0.4, 0.5) is 11.4 Å². The topological polar surface area (TPSA) is 79.5 Å². The highest BCUT2D eigenvalue weighted by Gasteiger charge is 2.24. The van der Waals surface area contributed by atoms with Gasteiger partial charge in [0.05, 0.1) is 6.04 Å². The molecular formula is C20H24ClN3O3. The van der Waals surface area contributed by atoms with Crippen LogP contribution in [0.25, 0.3) is 0 Å². The van der Waals surface area contributed by atoms with E-state index in [0.29, 0.717) is 24.3 Å². The number of hydrogen-bond acceptors (Lipinski definition) is 4. The van der Waals surface area contributed by atoms with E-state index >= 15 is 0 Å². The highest BCUT2D eigenvalue weighted by atomic mass is 35.5. The number of aryl methyl sites for hydroxylation is 1. The van der Waals surface area contributed by atoms with Crippen molar-refractivity contribution >= 4 is 35.6 Å². The van der Waals surface area contributed by atoms with Crippen molar-refractivity contribution in [2.24, 2.45) is 0 Å². The first-order valence-corrected chi connectivity index (χ1v) is 8.57. The van der Waals surface area contributed by atoms with Gasteiger partial charge in [-0.15, -0.1) is 12.4 Å². The number of carbonyl (C=O) groups excluding carboxylic acids is 2. The lowest BCUT2D eigenvalue weighted by molar-refractivity contribution is -0.120. The van der Waals surface area contributed by atoms with Crippen molar-refractivity contribution in [3.63, 3.8) is 0 Å². The molecular weight excluding hydrogens is 366 g/mol. The number of anilines is 2. The van der Waals surface area contributed by atoms with Gasteiger partial charge >= 0.3 is 0 Å². The lowest BCUT2D eigenvalue weighted by Gasteiger charge is -2.25. The first-order valence-electron chi connectivity index (χ1n) is 8.57. The van der Waals surface area contributed by atoms with Crippen LogP contribution in [0.3, 0.4) is 0 Å². The van der Waals surface area contributed by atoms with Crippen LogP contribution in [0.15, 0.2) is 42.5 Å². The van der Waals surface area contributed by atoms with Gasteiger partial charge in [0, 0.05) is 25.0 Å². The Morgan fingerprint density at radius 1 is 1.15 bits per heavy atom. The molecule has 3 rings (SSSR count). The zero-order valence-electron chi connectivity index (χ0n) is 15.4. The zero-order chi connectivity index (χ0) is 18.5. The minimum Gasteiger partial charge on any atom is -0.375 e. The number of carbonyl (C=O) groups is 2. The van der Waals surface area contributed by atoms with Crippen molar-refractivity contribution < 1.29 is 14.3 Å². The Labute approximate surface area is 165 Å². The summed E-state index contributed by atoms with van der Waals surface area (Å²) in [7, 11) is 1.47. The van der Waals surface area contributed by atoms with Gasteiger partial charge in [-0.3, -0.25) is 9.59 Å². The van der Waals surface area contributed by atoms with Crippen molar-refractivity contribution in [3.05, 3.63) is 59.2 Å². The average molecular weight is 390 g/mol. The highest BCUT2D eigenvalue weighted by molar-refractivity contribution is 5.96. The third-order valence-electron chi connectivity index (χ3n) is 4.44. The molecule has 1 aliphatic heterocycles. The van der Waals surface area contributed by atoms with Gasteiger partial charge in [0.25, 0.3) is 0 Å². The van der Waals surface area contributed by atoms with E-state index in [1.165, 1.54) is 18.2 Å². The third kappa shape index (κ3) is 5.29. The zero-order valence-corrected chi connectivity index (χ0v) is 16.2. The van der Waals surface area contributed by atoms with Crippen molar-refractivity contribution in [2.45, 2.75) is 25.9 Å². The maximum absolute atomic E-state index is 12.6. The molecule has 2 aromatic carbocycles. The molecule has 1 atom stereocenters. The van der Waals surface area contributed by atoms with Crippen molar-refractivity contribution in [2.75, 3.05) is 24.4 Å². The van der Waals surface area contributed by atoms with Crippen molar-refractivity contribution in [1.29, 1.82) is 0 Å². The lowest BCUT2D eigenvalue weighted by Crippen LogP contribution is -2.44. The molecule has 0 aromatic heterocycles. The summed E-state index contributed by atoms with van der Waals surface area (Å²) in [5.41, 5.74) is 4.73. The summed E-state index contributed by atoms with van der Waals surface area (Å²) in [4.78, 5) is 24.2. The van der Waals surface area contributed by atoms with Gasteiger partial charge in [-0.2, -0.15) is 0 Å². The molecule has 0 saturated heterocycles. The summed E-state index contributed by atoms with van der Waals surface area (Å²) in [5, 5.41) is 9.01. The van der Waals surface area contributed by atoms with Gasteiger partial charge in [0.1, 0.15) is 6.61 Å². The molecule has 6 nitrogen and oxygen atoms in total. The van der Waals surface area contributed by atoms with Gasteiger partial charge in [0.2, 0.25) is 11.8 Å². The lowest BCUT2D eigenvalue weighted by atomic mass is 9.95. The summed E-state index contributed by atoms with van der Waals surface area (Å²) < 4.78 is 4.81. The number of rotatable bonds is 5. The van der Waals surface area contributed by atoms with Crippen LogP contribution in [0.2, 0.25) is 0 Å². The number of benzene rings is 2. The maximum atomic E-state index is 12.6. The Morgan fingerprint density at radius 3 is 2.59 bits per heavy atom. The standard InChI is InChI=1S/C20H23N3O3.ClH/c1-13-9-16(7-8-17(13)23-19(24)12-26-2)22-20(25)18-10-14-5-3-4-6-15(14)11-21-18;/h3-9,18,21H,10-12H2,1-2H3,(H,22,25)(H,23,24);1H/t18-;/m1./s1. The molecule has 0 radical (unpaired) electrons. The second kappa shape index (κ2) is 9.50. The number of amides is 2. The minimum atomic E-state index is -0.258. The van der Waals surface area contributed by atoms with E-state index in [9.17, 15) is 9.59 Å². The first kappa shape index (κ1) is 20.9. The van der Waals surface area contributed by atoms with Gasteiger partial charge < -0.3 is 20.7 Å². The van der Waals surface area contributed by atoms with Crippen LogP contribution >= 0.6 is 12.4 Å². The second-order valence-electron chi connectivity index (χ2n) is 6.41. The number of fused-ring (bicyclic) bond motifs is 1. The predicted molar refractivity (Wildman–Crippen MR) is 108 cm³/mol. The monoisotopic (exact) mass is 389 g/mol. The van der Waals surface area contributed by atoms with Crippen LogP contribution in [0, 0.1) is 6.92 Å². The molecule has 144 valence electrons. The van der Waals surface area contributed by atoms with E-state index in [2.05, 4.69) is 28.1 Å². The van der Waals surface area contributed by atoms with E-state index in [0.717, 1.165) is 5.56 Å². The molecule has 0 spiro atoms. The highest BCUT2D eigenvalue weighted by Crippen LogP contribution is 2.21. The molecule has 0 saturated carbocycles. The Kier molecular flexibility index (Phi) is 7.36. The summed E-state index contributed by atoms with van der Waals surface area (Å²) in [6.45, 7) is 2.58. The van der Waals surface area contributed by atoms with Crippen LogP contribution in [-0.2, 0) is 27.3 Å². The summed E-state index contributed by atoms with van der Waals surface area (Å²) in [5.74, 6) is -0.271. The molecule has 0 fully saturated rings. The smallest absolute Gasteiger partial charge is 0.250 e. The van der Waals surface area contributed by atoms with Crippen molar-refractivity contribution in [1.82, 2.24) is 5.32 Å². The van der Waals surface area contributed by atoms with Gasteiger partial charge in [-0.05, 0) is 48.2 Å². The van der Waals surface area contributed by atoms with Gasteiger partial charge in [-0.25, -0.2) is 0 Å². The van der Waals surface area contributed by atoms with Gasteiger partial charge in [-0.1, -0.05) is 24.3 Å². The third-order valence-corrected chi connectivity index (χ3v) is 4.44. The first-order chi connectivity index (χ1) is 12.6. The van der Waals surface area contributed by atoms with E-state index in [4.69, 9.17) is 4.74 Å². The quantitative estimate of drug-likeness (QED) is 0.734. The number of halogens is 1. The van der Waals surface area contributed by atoms with E-state index < -0.39 is 0 Å². The van der Waals surface area contributed by atoms with E-state index in [1.54, 1.807) is 12.1 Å². The molecule has 1 aliphatic rings. The number of ether oxygens (including phenoxy) is 1. The molecule has 27 heavy (non-hydrogen) atoms. The van der Waals surface area contributed by atoms with Crippen LogP contribution in [-0.4, -0.2) is 31.6 Å². The van der Waals surface area contributed by atoms with Crippen LogP contribution in [0.1, 0.15) is 16.7 Å². The molecule has 2 aromatic rings. The van der Waals surface area contributed by atoms with Crippen molar-refractivity contribution in [3.8, 4) is 0 Å². The molecule has 0 bridgehead atoms. The molecule has 1 heterocycles. The van der Waals surface area contributed by atoms with Gasteiger partial charge in [0.15, 0.2) is 0 Å². The van der Waals surface area contributed by atoms with E-state index in [-0.39, 0.29) is 36.9 Å². The second-order valence-corrected chi connectivity index (χ2v) is 6.41. The molecule has 0 unspecified atom stereocenters. The van der Waals surface area contributed by atoms with Crippen LogP contribution < -0.4 is 16.0 Å². The fraction of sp³-hybridized carbons (Fsp3) is 0.300. The number of hydrogen-bond donors (Lipinski definition) is 3. The normalized spacial score (nSPS) is 15.3. The molecule has 7 heteroatoms. The van der Waals surface area contributed by atoms with Crippen LogP contribution in [0.5, 0.6) is 0 Å². The summed E-state index contributed by atoms with van der Waals surface area (Å²) in [6, 6.07) is 13.3. The fourth-order valence-corrected chi connectivity index (χ4v) is 3.07. The Hall–Kier alpha value is -2.41. The fourth-order valence-electron chi connectivity index (χ4n) is 3.07. The minimum absolute atomic E-state index is 0. The van der Waals surface area contributed by atoms with E-state index in [1.807, 2.05) is 25.1 Å². The number of nitrogens with one attached hydrogen (secondary N) is 3. The number of methoxy groups -OCH3 is 1.